The van der Waals surface area contributed by atoms with Gasteiger partial charge in [0.1, 0.15) is 5.69 Å². The van der Waals surface area contributed by atoms with Crippen molar-refractivity contribution in [2.45, 2.75) is 25.8 Å². The second kappa shape index (κ2) is 9.01. The SMILES string of the molecule is Cn1cc(C(=O)NCc2ccc(N3CCCCC3=O)cc2)c(-c2ccc([N+](=O)[O-])cc2)n1. The van der Waals surface area contributed by atoms with Crippen molar-refractivity contribution in [1.82, 2.24) is 15.1 Å². The minimum absolute atomic E-state index is 0.0228. The van der Waals surface area contributed by atoms with Crippen LogP contribution in [0.2, 0.25) is 0 Å². The number of carbonyl (C=O) groups excluding carboxylic acids is 2. The van der Waals surface area contributed by atoms with Crippen LogP contribution >= 0.6 is 0 Å². The minimum Gasteiger partial charge on any atom is -0.348 e. The highest BCUT2D eigenvalue weighted by atomic mass is 16.6. The molecule has 1 aromatic heterocycles. The van der Waals surface area contributed by atoms with Crippen molar-refractivity contribution in [2.24, 2.45) is 7.05 Å². The molecular formula is C23H23N5O4. The number of nitrogens with one attached hydrogen (secondary N) is 1. The number of hydrogen-bond donors (Lipinski definition) is 1. The Morgan fingerprint density at radius 1 is 1.12 bits per heavy atom. The van der Waals surface area contributed by atoms with Crippen molar-refractivity contribution in [3.63, 3.8) is 0 Å². The summed E-state index contributed by atoms with van der Waals surface area (Å²) < 4.78 is 1.54. The molecule has 32 heavy (non-hydrogen) atoms. The summed E-state index contributed by atoms with van der Waals surface area (Å²) in [5.74, 6) is -0.144. The van der Waals surface area contributed by atoms with Crippen molar-refractivity contribution >= 4 is 23.2 Å². The van der Waals surface area contributed by atoms with Crippen LogP contribution in [0.15, 0.2) is 54.7 Å². The maximum Gasteiger partial charge on any atom is 0.269 e. The van der Waals surface area contributed by atoms with Gasteiger partial charge in [0.25, 0.3) is 11.6 Å². The molecule has 2 amide bonds. The first kappa shape index (κ1) is 21.2. The molecule has 0 saturated carbocycles. The normalized spacial score (nSPS) is 13.8. The van der Waals surface area contributed by atoms with Gasteiger partial charge in [-0.05, 0) is 42.7 Å². The summed E-state index contributed by atoms with van der Waals surface area (Å²) in [5, 5.41) is 18.1. The van der Waals surface area contributed by atoms with Crippen LogP contribution in [-0.4, -0.2) is 33.1 Å². The highest BCUT2D eigenvalue weighted by Gasteiger charge is 2.20. The second-order valence-corrected chi connectivity index (χ2v) is 7.72. The molecule has 0 spiro atoms. The number of nitro benzene ring substituents is 1. The minimum atomic E-state index is -0.470. The summed E-state index contributed by atoms with van der Waals surface area (Å²) in [7, 11) is 1.71. The van der Waals surface area contributed by atoms with Crippen LogP contribution in [0.25, 0.3) is 11.3 Å². The van der Waals surface area contributed by atoms with Gasteiger partial charge in [0.05, 0.1) is 10.5 Å². The third-order valence-corrected chi connectivity index (χ3v) is 5.45. The van der Waals surface area contributed by atoms with E-state index in [1.165, 1.54) is 16.8 Å². The first-order chi connectivity index (χ1) is 15.4. The number of anilines is 1. The van der Waals surface area contributed by atoms with Gasteiger partial charge in [-0.15, -0.1) is 0 Å². The molecule has 0 atom stereocenters. The van der Waals surface area contributed by atoms with Crippen LogP contribution in [0.5, 0.6) is 0 Å². The molecule has 0 unspecified atom stereocenters. The van der Waals surface area contributed by atoms with E-state index in [0.717, 1.165) is 30.6 Å². The van der Waals surface area contributed by atoms with Crippen LogP contribution in [0.3, 0.4) is 0 Å². The number of amides is 2. The Morgan fingerprint density at radius 2 is 1.84 bits per heavy atom. The first-order valence-corrected chi connectivity index (χ1v) is 10.4. The van der Waals surface area contributed by atoms with E-state index >= 15 is 0 Å². The molecule has 1 fully saturated rings. The summed E-state index contributed by atoms with van der Waals surface area (Å²) in [5.41, 5.74) is 3.22. The fraction of sp³-hybridized carbons (Fsp3) is 0.261. The van der Waals surface area contributed by atoms with Crippen molar-refractivity contribution < 1.29 is 14.5 Å². The number of nitro groups is 1. The van der Waals surface area contributed by atoms with Crippen LogP contribution in [0.1, 0.15) is 35.2 Å². The van der Waals surface area contributed by atoms with E-state index in [2.05, 4.69) is 10.4 Å². The van der Waals surface area contributed by atoms with E-state index in [4.69, 9.17) is 0 Å². The highest BCUT2D eigenvalue weighted by Crippen LogP contribution is 2.25. The van der Waals surface area contributed by atoms with Gasteiger partial charge in [-0.3, -0.25) is 24.4 Å². The first-order valence-electron chi connectivity index (χ1n) is 10.4. The molecule has 4 rings (SSSR count). The number of carbonyl (C=O) groups is 2. The summed E-state index contributed by atoms with van der Waals surface area (Å²) in [6, 6.07) is 13.5. The lowest BCUT2D eigenvalue weighted by atomic mass is 10.1. The summed E-state index contributed by atoms with van der Waals surface area (Å²) in [6.07, 6.45) is 4.15. The third-order valence-electron chi connectivity index (χ3n) is 5.45. The topological polar surface area (TPSA) is 110 Å². The van der Waals surface area contributed by atoms with Crippen molar-refractivity contribution in [3.05, 3.63) is 76.0 Å². The predicted octanol–water partition coefficient (Wildman–Crippen LogP) is 3.44. The van der Waals surface area contributed by atoms with Gasteiger partial charge in [-0.2, -0.15) is 5.10 Å². The summed E-state index contributed by atoms with van der Waals surface area (Å²) >= 11 is 0. The summed E-state index contributed by atoms with van der Waals surface area (Å²) in [6.45, 7) is 1.06. The van der Waals surface area contributed by atoms with E-state index < -0.39 is 4.92 Å². The lowest BCUT2D eigenvalue weighted by Gasteiger charge is -2.26. The highest BCUT2D eigenvalue weighted by molar-refractivity contribution is 5.99. The van der Waals surface area contributed by atoms with Crippen molar-refractivity contribution in [3.8, 4) is 11.3 Å². The monoisotopic (exact) mass is 433 g/mol. The van der Waals surface area contributed by atoms with Gasteiger partial charge >= 0.3 is 0 Å². The van der Waals surface area contributed by atoms with E-state index in [0.29, 0.717) is 29.8 Å². The number of rotatable bonds is 6. The lowest BCUT2D eigenvalue weighted by Crippen LogP contribution is -2.35. The zero-order chi connectivity index (χ0) is 22.7. The Balaban J connectivity index is 1.44. The standard InChI is InChI=1S/C23H23N5O4/c1-26-15-20(22(25-26)17-7-11-19(12-8-17)28(31)32)23(30)24-14-16-5-9-18(10-6-16)27-13-3-2-4-21(27)29/h5-12,15H,2-4,13-14H2,1H3,(H,24,30). The van der Waals surface area contributed by atoms with Gasteiger partial charge in [0.2, 0.25) is 5.91 Å². The van der Waals surface area contributed by atoms with Gasteiger partial charge < -0.3 is 10.2 Å². The van der Waals surface area contributed by atoms with Gasteiger partial charge in [-0.25, -0.2) is 0 Å². The molecule has 3 aromatic rings. The molecule has 0 aliphatic carbocycles. The third kappa shape index (κ3) is 4.51. The van der Waals surface area contributed by atoms with Crippen LogP contribution in [0.4, 0.5) is 11.4 Å². The van der Waals surface area contributed by atoms with Crippen LogP contribution < -0.4 is 10.2 Å². The maximum absolute atomic E-state index is 12.8. The number of benzene rings is 2. The van der Waals surface area contributed by atoms with Gasteiger partial charge in [-0.1, -0.05) is 12.1 Å². The molecular weight excluding hydrogens is 410 g/mol. The van der Waals surface area contributed by atoms with Crippen molar-refractivity contribution in [1.29, 1.82) is 0 Å². The van der Waals surface area contributed by atoms with E-state index in [1.54, 1.807) is 30.3 Å². The number of hydrogen-bond acceptors (Lipinski definition) is 5. The average molecular weight is 433 g/mol. The molecule has 1 saturated heterocycles. The van der Waals surface area contributed by atoms with E-state index in [9.17, 15) is 19.7 Å². The molecule has 0 bridgehead atoms. The Hall–Kier alpha value is -4.01. The molecule has 2 heterocycles. The maximum atomic E-state index is 12.8. The number of piperidine rings is 1. The molecule has 1 aliphatic heterocycles. The van der Waals surface area contributed by atoms with Crippen molar-refractivity contribution in [2.75, 3.05) is 11.4 Å². The van der Waals surface area contributed by atoms with Crippen LogP contribution in [0, 0.1) is 10.1 Å². The van der Waals surface area contributed by atoms with Gasteiger partial charge in [0, 0.05) is 56.1 Å². The van der Waals surface area contributed by atoms with Gasteiger partial charge in [0.15, 0.2) is 0 Å². The number of non-ortho nitro benzene ring substituents is 1. The number of nitrogens with zero attached hydrogens (tertiary/aromatic N) is 4. The molecule has 1 N–H and O–H groups in total. The zero-order valence-corrected chi connectivity index (χ0v) is 17.7. The zero-order valence-electron chi connectivity index (χ0n) is 17.7. The average Bonchev–Trinajstić information content (AvgIpc) is 3.20. The van der Waals surface area contributed by atoms with Crippen LogP contribution in [-0.2, 0) is 18.4 Å². The molecule has 9 nitrogen and oxygen atoms in total. The predicted molar refractivity (Wildman–Crippen MR) is 119 cm³/mol. The Kier molecular flexibility index (Phi) is 5.98. The number of aromatic nitrogens is 2. The molecule has 1 aliphatic rings. The van der Waals surface area contributed by atoms with E-state index in [-0.39, 0.29) is 17.5 Å². The fourth-order valence-electron chi connectivity index (χ4n) is 3.76. The smallest absolute Gasteiger partial charge is 0.269 e. The molecule has 164 valence electrons. The number of aryl methyl sites for hydroxylation is 1. The molecule has 2 aromatic carbocycles. The largest absolute Gasteiger partial charge is 0.348 e. The second-order valence-electron chi connectivity index (χ2n) is 7.72. The Morgan fingerprint density at radius 3 is 2.50 bits per heavy atom. The Bertz CT molecular complexity index is 1150. The van der Waals surface area contributed by atoms with E-state index in [1.807, 2.05) is 24.3 Å². The quantitative estimate of drug-likeness (QED) is 0.473. The fourth-order valence-corrected chi connectivity index (χ4v) is 3.76. The molecule has 9 heteroatoms. The lowest BCUT2D eigenvalue weighted by molar-refractivity contribution is -0.384. The molecule has 0 radical (unpaired) electrons. The summed E-state index contributed by atoms with van der Waals surface area (Å²) in [4.78, 5) is 37.1. The Labute approximate surface area is 184 Å².